The molecule has 0 aromatic rings. The molecule has 42 heavy (non-hydrogen) atoms. The normalized spacial score (nSPS) is 31.8. The molecule has 4 fully saturated rings. The second-order valence-corrected chi connectivity index (χ2v) is 13.3. The molecule has 1 unspecified atom stereocenters. The number of amides is 3. The zero-order valence-electron chi connectivity index (χ0n) is 24.8. The van der Waals surface area contributed by atoms with E-state index in [9.17, 15) is 24.3 Å². The molecule has 0 aromatic carbocycles. The number of fused-ring (bicyclic) bond motifs is 1. The number of esters is 1. The number of aliphatic hydroxyl groups is 1. The fraction of sp³-hybridized carbons (Fsp3) is 0.742. The molecule has 3 saturated heterocycles. The lowest BCUT2D eigenvalue weighted by molar-refractivity contribution is -0.160. The Morgan fingerprint density at radius 3 is 2.60 bits per heavy atom. The van der Waals surface area contributed by atoms with Gasteiger partial charge in [0, 0.05) is 23.8 Å². The van der Waals surface area contributed by atoms with Gasteiger partial charge in [0.2, 0.25) is 17.7 Å². The molecular weight excluding hydrogens is 606 g/mol. The SMILES string of the molecule is C=CCCC(=O)NC[C@H](C)OC(=O)[C@@H]1[C@H]2O[C@@]3(CC2Br)[C@H](C(=O)N(CC=C)C2CCCCC2)N([C@@H](CC)CO)C(=O)[C@@H]13. The molecule has 4 aliphatic rings. The summed E-state index contributed by atoms with van der Waals surface area (Å²) in [5.74, 6) is -3.16. The average Bonchev–Trinajstić information content (AvgIpc) is 3.58. The Labute approximate surface area is 257 Å². The summed E-state index contributed by atoms with van der Waals surface area (Å²) in [6.45, 7) is 11.2. The number of carbonyl (C=O) groups is 4. The average molecular weight is 653 g/mol. The van der Waals surface area contributed by atoms with Crippen LogP contribution in [0.5, 0.6) is 0 Å². The van der Waals surface area contributed by atoms with Gasteiger partial charge < -0.3 is 29.7 Å². The van der Waals surface area contributed by atoms with Crippen LogP contribution in [0.4, 0.5) is 0 Å². The van der Waals surface area contributed by atoms with Crippen LogP contribution in [0.25, 0.3) is 0 Å². The molecule has 2 bridgehead atoms. The smallest absolute Gasteiger partial charge is 0.312 e. The van der Waals surface area contributed by atoms with E-state index >= 15 is 0 Å². The van der Waals surface area contributed by atoms with Crippen molar-refractivity contribution in [3.8, 4) is 0 Å². The first-order chi connectivity index (χ1) is 20.1. The molecule has 1 saturated carbocycles. The van der Waals surface area contributed by atoms with Gasteiger partial charge in [0.15, 0.2) is 0 Å². The van der Waals surface area contributed by atoms with Crippen LogP contribution in [0.2, 0.25) is 0 Å². The predicted octanol–water partition coefficient (Wildman–Crippen LogP) is 2.87. The van der Waals surface area contributed by atoms with Gasteiger partial charge in [0.25, 0.3) is 0 Å². The first-order valence-corrected chi connectivity index (χ1v) is 16.3. The summed E-state index contributed by atoms with van der Waals surface area (Å²) < 4.78 is 12.4. The molecule has 4 rings (SSSR count). The minimum atomic E-state index is -1.23. The maximum absolute atomic E-state index is 14.6. The standard InChI is InChI=1S/C31H46BrN3O7/c1-5-8-14-23(37)33-17-19(4)41-30(40)24-25-28(38)35(20(7-3)18-36)27(31(25)16-22(32)26(24)42-31)29(39)34(15-6-2)21-12-10-9-11-13-21/h5-6,19-22,24-27,36H,1-2,7-18H2,3-4H3,(H,33,37)/t19-,20-,22?,24-,25+,26-,27-,31+/m0/s1. The summed E-state index contributed by atoms with van der Waals surface area (Å²) in [7, 11) is 0. The van der Waals surface area contributed by atoms with E-state index in [4.69, 9.17) is 9.47 Å². The van der Waals surface area contributed by atoms with Crippen LogP contribution in [0.1, 0.15) is 71.6 Å². The molecule has 0 aromatic heterocycles. The van der Waals surface area contributed by atoms with E-state index in [2.05, 4.69) is 34.4 Å². The molecule has 3 aliphatic heterocycles. The van der Waals surface area contributed by atoms with Crippen LogP contribution in [-0.4, -0.2) is 99.1 Å². The highest BCUT2D eigenvalue weighted by Crippen LogP contribution is 2.61. The summed E-state index contributed by atoms with van der Waals surface area (Å²) in [6.07, 6.45) is 8.74. The van der Waals surface area contributed by atoms with Gasteiger partial charge in [-0.2, -0.15) is 0 Å². The maximum Gasteiger partial charge on any atom is 0.312 e. The number of aliphatic hydroxyl groups excluding tert-OH is 1. The van der Waals surface area contributed by atoms with Crippen LogP contribution in [0, 0.1) is 11.8 Å². The van der Waals surface area contributed by atoms with Gasteiger partial charge in [0.05, 0.1) is 37.1 Å². The number of halogens is 1. The first kappa shape index (κ1) is 32.7. The lowest BCUT2D eigenvalue weighted by Crippen LogP contribution is -2.60. The summed E-state index contributed by atoms with van der Waals surface area (Å²) in [4.78, 5) is 57.7. The largest absolute Gasteiger partial charge is 0.460 e. The summed E-state index contributed by atoms with van der Waals surface area (Å²) in [5, 5.41) is 13.1. The molecule has 11 heteroatoms. The van der Waals surface area contributed by atoms with Crippen LogP contribution in [-0.2, 0) is 28.7 Å². The van der Waals surface area contributed by atoms with Crippen molar-refractivity contribution in [1.29, 1.82) is 0 Å². The van der Waals surface area contributed by atoms with Crippen molar-refractivity contribution in [2.45, 2.75) is 112 Å². The predicted molar refractivity (Wildman–Crippen MR) is 160 cm³/mol. The van der Waals surface area contributed by atoms with Crippen LogP contribution in [0.15, 0.2) is 25.3 Å². The van der Waals surface area contributed by atoms with Gasteiger partial charge in [-0.3, -0.25) is 19.2 Å². The molecular formula is C31H46BrN3O7. The van der Waals surface area contributed by atoms with Crippen LogP contribution < -0.4 is 5.32 Å². The monoisotopic (exact) mass is 651 g/mol. The van der Waals surface area contributed by atoms with Crippen molar-refractivity contribution in [2.24, 2.45) is 11.8 Å². The first-order valence-electron chi connectivity index (χ1n) is 15.4. The van der Waals surface area contributed by atoms with Gasteiger partial charge in [-0.1, -0.05) is 54.3 Å². The second-order valence-electron chi connectivity index (χ2n) is 12.1. The molecule has 1 spiro atoms. The van der Waals surface area contributed by atoms with E-state index in [1.54, 1.807) is 19.1 Å². The molecule has 3 heterocycles. The number of nitrogens with one attached hydrogen (secondary N) is 1. The number of likely N-dealkylation sites (tertiary alicyclic amines) is 1. The number of hydrogen-bond donors (Lipinski definition) is 2. The van der Waals surface area contributed by atoms with E-state index in [1.807, 2.05) is 11.8 Å². The van der Waals surface area contributed by atoms with Crippen molar-refractivity contribution in [3.63, 3.8) is 0 Å². The Morgan fingerprint density at radius 1 is 1.26 bits per heavy atom. The zero-order valence-corrected chi connectivity index (χ0v) is 26.4. The van der Waals surface area contributed by atoms with Gasteiger partial charge in [-0.05, 0) is 39.0 Å². The Bertz CT molecular complexity index is 1050. The van der Waals surface area contributed by atoms with Gasteiger partial charge >= 0.3 is 5.97 Å². The number of allylic oxidation sites excluding steroid dienone is 1. The molecule has 10 nitrogen and oxygen atoms in total. The fourth-order valence-corrected chi connectivity index (χ4v) is 8.37. The number of hydrogen-bond acceptors (Lipinski definition) is 7. The van der Waals surface area contributed by atoms with E-state index < -0.39 is 47.7 Å². The molecule has 0 radical (unpaired) electrons. The molecule has 3 amide bonds. The highest BCUT2D eigenvalue weighted by Gasteiger charge is 2.77. The zero-order chi connectivity index (χ0) is 30.6. The Hall–Kier alpha value is -2.24. The summed E-state index contributed by atoms with van der Waals surface area (Å²) in [6, 6.07) is -1.54. The number of nitrogens with zero attached hydrogens (tertiary/aromatic N) is 2. The number of ether oxygens (including phenoxy) is 2. The van der Waals surface area contributed by atoms with Gasteiger partial charge in [-0.15, -0.1) is 13.2 Å². The van der Waals surface area contributed by atoms with Crippen molar-refractivity contribution >= 4 is 39.6 Å². The third-order valence-electron chi connectivity index (χ3n) is 9.41. The highest BCUT2D eigenvalue weighted by atomic mass is 79.9. The topological polar surface area (TPSA) is 125 Å². The molecule has 8 atom stereocenters. The maximum atomic E-state index is 14.6. The summed E-state index contributed by atoms with van der Waals surface area (Å²) in [5.41, 5.74) is -1.23. The van der Waals surface area contributed by atoms with Crippen LogP contribution >= 0.6 is 15.9 Å². The van der Waals surface area contributed by atoms with E-state index in [0.29, 0.717) is 32.2 Å². The Morgan fingerprint density at radius 2 is 1.98 bits per heavy atom. The third kappa shape index (κ3) is 6.06. The molecule has 1 aliphatic carbocycles. The number of rotatable bonds is 14. The summed E-state index contributed by atoms with van der Waals surface area (Å²) >= 11 is 3.69. The second kappa shape index (κ2) is 14.0. The quantitative estimate of drug-likeness (QED) is 0.168. The molecule has 234 valence electrons. The van der Waals surface area contributed by atoms with Crippen molar-refractivity contribution in [1.82, 2.24) is 15.1 Å². The van der Waals surface area contributed by atoms with Crippen molar-refractivity contribution in [2.75, 3.05) is 19.7 Å². The Balaban J connectivity index is 1.63. The minimum Gasteiger partial charge on any atom is -0.460 e. The molecule has 2 N–H and O–H groups in total. The van der Waals surface area contributed by atoms with E-state index in [-0.39, 0.29) is 41.7 Å². The lowest BCUT2D eigenvalue weighted by atomic mass is 9.70. The lowest BCUT2D eigenvalue weighted by Gasteiger charge is -2.42. The number of alkyl halides is 1. The fourth-order valence-electron chi connectivity index (χ4n) is 7.43. The van der Waals surface area contributed by atoms with Crippen molar-refractivity contribution < 1.29 is 33.8 Å². The van der Waals surface area contributed by atoms with Crippen LogP contribution in [0.3, 0.4) is 0 Å². The van der Waals surface area contributed by atoms with Crippen molar-refractivity contribution in [3.05, 3.63) is 25.3 Å². The number of carbonyl (C=O) groups excluding carboxylic acids is 4. The van der Waals surface area contributed by atoms with E-state index in [1.165, 1.54) is 4.90 Å². The highest BCUT2D eigenvalue weighted by molar-refractivity contribution is 9.09. The minimum absolute atomic E-state index is 0.0347. The Kier molecular flexibility index (Phi) is 10.9. The third-order valence-corrected chi connectivity index (χ3v) is 10.3. The van der Waals surface area contributed by atoms with E-state index in [0.717, 1.165) is 32.1 Å². The van der Waals surface area contributed by atoms with Gasteiger partial charge in [0.1, 0.15) is 17.7 Å². The van der Waals surface area contributed by atoms with Gasteiger partial charge in [-0.25, -0.2) is 0 Å².